The molecule has 5 nitrogen and oxygen atoms in total. The van der Waals surface area contributed by atoms with Gasteiger partial charge in [0.15, 0.2) is 5.78 Å². The van der Waals surface area contributed by atoms with Crippen LogP contribution in [0.15, 0.2) is 66.7 Å². The third kappa shape index (κ3) is 3.06. The second-order valence-corrected chi connectivity index (χ2v) is 6.69. The van der Waals surface area contributed by atoms with Crippen LogP contribution in [0.1, 0.15) is 38.5 Å². The Morgan fingerprint density at radius 2 is 1.39 bits per heavy atom. The van der Waals surface area contributed by atoms with E-state index in [1.165, 1.54) is 12.1 Å². The molecule has 0 aliphatic heterocycles. The van der Waals surface area contributed by atoms with Crippen molar-refractivity contribution in [2.75, 3.05) is 6.61 Å². The first-order valence-corrected chi connectivity index (χ1v) is 8.90. The smallest absolute Gasteiger partial charge is 0.201 e. The molecule has 4 rings (SSSR count). The van der Waals surface area contributed by atoms with Crippen LogP contribution in [0.3, 0.4) is 0 Å². The van der Waals surface area contributed by atoms with Crippen LogP contribution >= 0.6 is 0 Å². The van der Waals surface area contributed by atoms with Gasteiger partial charge in [-0.05, 0) is 28.8 Å². The van der Waals surface area contributed by atoms with E-state index in [9.17, 15) is 19.8 Å². The van der Waals surface area contributed by atoms with E-state index in [4.69, 9.17) is 4.74 Å². The largest absolute Gasteiger partial charge is 0.507 e. The summed E-state index contributed by atoms with van der Waals surface area (Å²) in [6.07, 6.45) is 0. The van der Waals surface area contributed by atoms with Crippen molar-refractivity contribution in [1.82, 2.24) is 0 Å². The molecule has 140 valence electrons. The van der Waals surface area contributed by atoms with Crippen LogP contribution in [-0.2, 0) is 16.1 Å². The number of hydrogen-bond acceptors (Lipinski definition) is 5. The Kier molecular flexibility index (Phi) is 4.67. The number of aromatic hydroxyl groups is 2. The second kappa shape index (κ2) is 7.29. The fraction of sp³-hybridized carbons (Fsp3) is 0.130. The Morgan fingerprint density at radius 1 is 0.821 bits per heavy atom. The highest BCUT2D eigenvalue weighted by atomic mass is 16.5. The molecule has 3 aromatic carbocycles. The lowest BCUT2D eigenvalue weighted by molar-refractivity contribution is -0.124. The molecule has 5 heteroatoms. The predicted octanol–water partition coefficient (Wildman–Crippen LogP) is 3.56. The zero-order valence-corrected chi connectivity index (χ0v) is 15.0. The zero-order chi connectivity index (χ0) is 19.7. The standard InChI is InChI=1S/C23H18O5/c24-17-10-4-8-15-20(19(26)13-28-12-14-6-2-1-3-7-14)16-9-5-11-18(25)22(16)23(27)21(15)17/h1-11,20,24-25H,12-13H2. The summed E-state index contributed by atoms with van der Waals surface area (Å²) in [5.41, 5.74) is 1.91. The van der Waals surface area contributed by atoms with Gasteiger partial charge in [0.05, 0.1) is 23.7 Å². The summed E-state index contributed by atoms with van der Waals surface area (Å²) in [5, 5.41) is 20.4. The molecular weight excluding hydrogens is 356 g/mol. The number of carbonyl (C=O) groups is 2. The van der Waals surface area contributed by atoms with Crippen LogP contribution in [0.2, 0.25) is 0 Å². The van der Waals surface area contributed by atoms with Crippen LogP contribution in [-0.4, -0.2) is 28.4 Å². The second-order valence-electron chi connectivity index (χ2n) is 6.69. The predicted molar refractivity (Wildman–Crippen MR) is 103 cm³/mol. The van der Waals surface area contributed by atoms with Crippen molar-refractivity contribution in [3.63, 3.8) is 0 Å². The highest BCUT2D eigenvalue weighted by molar-refractivity contribution is 6.18. The quantitative estimate of drug-likeness (QED) is 0.713. The number of rotatable bonds is 5. The van der Waals surface area contributed by atoms with Crippen LogP contribution in [0.4, 0.5) is 0 Å². The molecule has 0 saturated heterocycles. The van der Waals surface area contributed by atoms with Crippen molar-refractivity contribution < 1.29 is 24.5 Å². The van der Waals surface area contributed by atoms with Crippen molar-refractivity contribution in [3.05, 3.63) is 94.5 Å². The molecule has 0 radical (unpaired) electrons. The van der Waals surface area contributed by atoms with Crippen LogP contribution in [0.5, 0.6) is 11.5 Å². The SMILES string of the molecule is O=C1c2c(O)cccc2C(C(=O)COCc2ccccc2)c2cccc(O)c21. The molecule has 0 saturated carbocycles. The summed E-state index contributed by atoms with van der Waals surface area (Å²) in [6, 6.07) is 18.8. The Labute approximate surface area is 161 Å². The number of benzene rings is 3. The molecule has 0 bridgehead atoms. The lowest BCUT2D eigenvalue weighted by Crippen LogP contribution is -2.27. The van der Waals surface area contributed by atoms with Crippen molar-refractivity contribution in [2.24, 2.45) is 0 Å². The van der Waals surface area contributed by atoms with E-state index in [1.807, 2.05) is 30.3 Å². The summed E-state index contributed by atoms with van der Waals surface area (Å²) in [6.45, 7) is 0.135. The first-order valence-electron chi connectivity index (χ1n) is 8.90. The minimum atomic E-state index is -0.794. The Bertz CT molecular complexity index is 1000. The Morgan fingerprint density at radius 3 is 1.96 bits per heavy atom. The van der Waals surface area contributed by atoms with Crippen LogP contribution in [0, 0.1) is 0 Å². The number of ether oxygens (including phenoxy) is 1. The first kappa shape index (κ1) is 17.9. The molecular formula is C23H18O5. The number of phenolic OH excluding ortho intramolecular Hbond substituents is 2. The van der Waals surface area contributed by atoms with Crippen LogP contribution < -0.4 is 0 Å². The summed E-state index contributed by atoms with van der Waals surface area (Å²) in [5.74, 6) is -1.95. The van der Waals surface area contributed by atoms with Gasteiger partial charge in [0.1, 0.15) is 18.1 Å². The topological polar surface area (TPSA) is 83.8 Å². The van der Waals surface area contributed by atoms with E-state index >= 15 is 0 Å². The molecule has 2 N–H and O–H groups in total. The Balaban J connectivity index is 1.68. The van der Waals surface area contributed by atoms with Crippen molar-refractivity contribution in [1.29, 1.82) is 0 Å². The van der Waals surface area contributed by atoms with E-state index in [0.29, 0.717) is 11.1 Å². The fourth-order valence-corrected chi connectivity index (χ4v) is 3.66. The van der Waals surface area contributed by atoms with Gasteiger partial charge in [0, 0.05) is 0 Å². The maximum absolute atomic E-state index is 13.0. The van der Waals surface area contributed by atoms with E-state index < -0.39 is 11.7 Å². The molecule has 0 spiro atoms. The summed E-state index contributed by atoms with van der Waals surface area (Å²) in [7, 11) is 0. The number of carbonyl (C=O) groups excluding carboxylic acids is 2. The lowest BCUT2D eigenvalue weighted by atomic mass is 9.75. The Hall–Kier alpha value is -3.44. The molecule has 0 unspecified atom stereocenters. The first-order chi connectivity index (χ1) is 13.6. The van der Waals surface area contributed by atoms with E-state index in [1.54, 1.807) is 24.3 Å². The molecule has 0 atom stereocenters. The summed E-state index contributed by atoms with van der Waals surface area (Å²) < 4.78 is 5.59. The van der Waals surface area contributed by atoms with Crippen molar-refractivity contribution in [3.8, 4) is 11.5 Å². The van der Waals surface area contributed by atoms with Gasteiger partial charge in [-0.2, -0.15) is 0 Å². The van der Waals surface area contributed by atoms with Crippen LogP contribution in [0.25, 0.3) is 0 Å². The average molecular weight is 374 g/mol. The van der Waals surface area contributed by atoms with Gasteiger partial charge in [-0.1, -0.05) is 54.6 Å². The average Bonchev–Trinajstić information content (AvgIpc) is 2.69. The molecule has 0 fully saturated rings. The lowest BCUT2D eigenvalue weighted by Gasteiger charge is -2.27. The third-order valence-electron chi connectivity index (χ3n) is 4.90. The number of Topliss-reactive ketones (excluding diaryl/α,β-unsaturated/α-hetero) is 1. The fourth-order valence-electron chi connectivity index (χ4n) is 3.66. The van der Waals surface area contributed by atoms with Gasteiger partial charge >= 0.3 is 0 Å². The van der Waals surface area contributed by atoms with Gasteiger partial charge in [0.2, 0.25) is 5.78 Å². The maximum atomic E-state index is 13.0. The molecule has 1 aliphatic carbocycles. The monoisotopic (exact) mass is 374 g/mol. The molecule has 1 aliphatic rings. The third-order valence-corrected chi connectivity index (χ3v) is 4.90. The number of ketones is 2. The van der Waals surface area contributed by atoms with E-state index in [0.717, 1.165) is 5.56 Å². The minimum Gasteiger partial charge on any atom is -0.507 e. The molecule has 0 heterocycles. The maximum Gasteiger partial charge on any atom is 0.201 e. The highest BCUT2D eigenvalue weighted by Crippen LogP contribution is 2.43. The minimum absolute atomic E-state index is 0.0536. The zero-order valence-electron chi connectivity index (χ0n) is 15.0. The number of phenols is 2. The van der Waals surface area contributed by atoms with Crippen molar-refractivity contribution >= 4 is 11.6 Å². The van der Waals surface area contributed by atoms with Gasteiger partial charge in [-0.3, -0.25) is 9.59 Å². The highest BCUT2D eigenvalue weighted by Gasteiger charge is 2.38. The van der Waals surface area contributed by atoms with E-state index in [-0.39, 0.29) is 41.6 Å². The van der Waals surface area contributed by atoms with Gasteiger partial charge < -0.3 is 14.9 Å². The normalized spacial score (nSPS) is 13.1. The summed E-state index contributed by atoms with van der Waals surface area (Å²) in [4.78, 5) is 25.9. The molecule has 28 heavy (non-hydrogen) atoms. The van der Waals surface area contributed by atoms with Gasteiger partial charge in [-0.15, -0.1) is 0 Å². The number of fused-ring (bicyclic) bond motifs is 2. The molecule has 3 aromatic rings. The van der Waals surface area contributed by atoms with Crippen molar-refractivity contribution in [2.45, 2.75) is 12.5 Å². The van der Waals surface area contributed by atoms with Gasteiger partial charge in [0.25, 0.3) is 0 Å². The summed E-state index contributed by atoms with van der Waals surface area (Å²) >= 11 is 0. The molecule has 0 amide bonds. The number of hydrogen-bond donors (Lipinski definition) is 2. The van der Waals surface area contributed by atoms with E-state index in [2.05, 4.69) is 0 Å². The van der Waals surface area contributed by atoms with Gasteiger partial charge in [-0.25, -0.2) is 0 Å². The molecule has 0 aromatic heterocycles.